The molecule has 0 aromatic heterocycles. The quantitative estimate of drug-likeness (QED) is 0.808. The van der Waals surface area contributed by atoms with Gasteiger partial charge in [-0.1, -0.05) is 30.3 Å². The molecular weight excluding hydrogens is 326 g/mol. The molecule has 5 heteroatoms. The molecule has 0 bridgehead atoms. The van der Waals surface area contributed by atoms with Crippen LogP contribution in [0.1, 0.15) is 32.3 Å². The largest absolute Gasteiger partial charge is 0.375 e. The Labute approximate surface area is 157 Å². The van der Waals surface area contributed by atoms with Gasteiger partial charge in [0.15, 0.2) is 0 Å². The Morgan fingerprint density at radius 3 is 2.69 bits per heavy atom. The zero-order valence-electron chi connectivity index (χ0n) is 16.3. The first-order chi connectivity index (χ1) is 12.6. The molecule has 1 atom stereocenters. The maximum Gasteiger partial charge on any atom is 0.225 e. The summed E-state index contributed by atoms with van der Waals surface area (Å²) in [6.45, 7) is 11.7. The minimum atomic E-state index is 0.0180. The predicted molar refractivity (Wildman–Crippen MR) is 104 cm³/mol. The Kier molecular flexibility index (Phi) is 7.06. The van der Waals surface area contributed by atoms with E-state index in [1.807, 2.05) is 11.0 Å². The predicted octanol–water partition coefficient (Wildman–Crippen LogP) is 2.22. The number of rotatable bonds is 5. The molecule has 5 nitrogen and oxygen atoms in total. The second-order valence-corrected chi connectivity index (χ2v) is 7.78. The van der Waals surface area contributed by atoms with Gasteiger partial charge in [0.1, 0.15) is 0 Å². The van der Waals surface area contributed by atoms with E-state index in [2.05, 4.69) is 47.9 Å². The normalized spacial score (nSPS) is 23.2. The molecule has 2 saturated heterocycles. The highest BCUT2D eigenvalue weighted by molar-refractivity contribution is 5.76. The van der Waals surface area contributed by atoms with Crippen LogP contribution in [0.2, 0.25) is 0 Å². The van der Waals surface area contributed by atoms with E-state index in [-0.39, 0.29) is 12.0 Å². The number of carbonyl (C=O) groups is 1. The minimum absolute atomic E-state index is 0.0180. The Bertz CT molecular complexity index is 564. The van der Waals surface area contributed by atoms with Crippen LogP contribution in [0.4, 0.5) is 0 Å². The molecule has 3 rings (SSSR count). The highest BCUT2D eigenvalue weighted by atomic mass is 16.5. The monoisotopic (exact) mass is 359 g/mol. The lowest BCUT2D eigenvalue weighted by atomic mass is 10.1. The molecule has 1 aromatic rings. The van der Waals surface area contributed by atoms with Gasteiger partial charge in [0.2, 0.25) is 5.91 Å². The van der Waals surface area contributed by atoms with E-state index in [1.54, 1.807) is 0 Å². The van der Waals surface area contributed by atoms with E-state index in [0.717, 1.165) is 52.2 Å². The van der Waals surface area contributed by atoms with Crippen molar-refractivity contribution in [1.29, 1.82) is 0 Å². The molecule has 2 heterocycles. The van der Waals surface area contributed by atoms with Crippen molar-refractivity contribution in [2.45, 2.75) is 45.4 Å². The summed E-state index contributed by atoms with van der Waals surface area (Å²) in [7, 11) is 0. The average Bonchev–Trinajstić information content (AvgIpc) is 2.89. The molecule has 2 aliphatic heterocycles. The fourth-order valence-corrected chi connectivity index (χ4v) is 3.92. The lowest BCUT2D eigenvalue weighted by Crippen LogP contribution is -2.45. The van der Waals surface area contributed by atoms with Crippen molar-refractivity contribution in [1.82, 2.24) is 14.7 Å². The van der Waals surface area contributed by atoms with Gasteiger partial charge < -0.3 is 9.64 Å². The van der Waals surface area contributed by atoms with Gasteiger partial charge in [0.25, 0.3) is 0 Å². The maximum atomic E-state index is 12.8. The van der Waals surface area contributed by atoms with Crippen molar-refractivity contribution in [3.05, 3.63) is 35.9 Å². The summed E-state index contributed by atoms with van der Waals surface area (Å²) in [6.07, 6.45) is 1.59. The minimum Gasteiger partial charge on any atom is -0.375 e. The van der Waals surface area contributed by atoms with Crippen LogP contribution in [0, 0.1) is 0 Å². The van der Waals surface area contributed by atoms with E-state index in [1.165, 1.54) is 5.56 Å². The standard InChI is InChI=1S/C21H33N3O2/c1-18(2)23-9-6-10-24(12-11-23)21(25)15-20-17-22(13-14-26-20)16-19-7-4-3-5-8-19/h3-5,7-8,18,20H,6,9-17H2,1-2H3/t20-/m0/s1. The Balaban J connectivity index is 1.47. The number of amides is 1. The van der Waals surface area contributed by atoms with Gasteiger partial charge >= 0.3 is 0 Å². The highest BCUT2D eigenvalue weighted by Gasteiger charge is 2.26. The molecule has 0 aliphatic carbocycles. The van der Waals surface area contributed by atoms with E-state index < -0.39 is 0 Å². The van der Waals surface area contributed by atoms with Gasteiger partial charge in [-0.05, 0) is 25.8 Å². The first kappa shape index (κ1) is 19.3. The number of benzene rings is 1. The molecule has 144 valence electrons. The summed E-state index contributed by atoms with van der Waals surface area (Å²) in [5.41, 5.74) is 1.32. The molecule has 2 fully saturated rings. The van der Waals surface area contributed by atoms with Gasteiger partial charge in [0, 0.05) is 51.9 Å². The van der Waals surface area contributed by atoms with Crippen molar-refractivity contribution < 1.29 is 9.53 Å². The molecular formula is C21H33N3O2. The van der Waals surface area contributed by atoms with E-state index >= 15 is 0 Å². The average molecular weight is 360 g/mol. The van der Waals surface area contributed by atoms with Crippen molar-refractivity contribution in [3.8, 4) is 0 Å². The van der Waals surface area contributed by atoms with Crippen molar-refractivity contribution in [3.63, 3.8) is 0 Å². The van der Waals surface area contributed by atoms with Crippen molar-refractivity contribution >= 4 is 5.91 Å². The third-order valence-corrected chi connectivity index (χ3v) is 5.49. The van der Waals surface area contributed by atoms with Gasteiger partial charge in [0.05, 0.1) is 19.1 Å². The number of hydrogen-bond acceptors (Lipinski definition) is 4. The first-order valence-electron chi connectivity index (χ1n) is 10.0. The van der Waals surface area contributed by atoms with Crippen LogP contribution >= 0.6 is 0 Å². The molecule has 1 aromatic carbocycles. The SMILES string of the molecule is CC(C)N1CCCN(C(=O)C[C@H]2CN(Cc3ccccc3)CCO2)CC1. The Hall–Kier alpha value is -1.43. The molecule has 2 aliphatic rings. The second kappa shape index (κ2) is 9.49. The number of hydrogen-bond donors (Lipinski definition) is 0. The van der Waals surface area contributed by atoms with E-state index in [9.17, 15) is 4.79 Å². The van der Waals surface area contributed by atoms with Gasteiger partial charge in [-0.2, -0.15) is 0 Å². The third-order valence-electron chi connectivity index (χ3n) is 5.49. The molecule has 0 spiro atoms. The summed E-state index contributed by atoms with van der Waals surface area (Å²) >= 11 is 0. The molecule has 0 N–H and O–H groups in total. The van der Waals surface area contributed by atoms with Crippen LogP contribution in [0.15, 0.2) is 30.3 Å². The van der Waals surface area contributed by atoms with Crippen LogP contribution in [0.3, 0.4) is 0 Å². The van der Waals surface area contributed by atoms with E-state index in [4.69, 9.17) is 4.74 Å². The summed E-state index contributed by atoms with van der Waals surface area (Å²) in [4.78, 5) is 19.7. The first-order valence-corrected chi connectivity index (χ1v) is 10.0. The fourth-order valence-electron chi connectivity index (χ4n) is 3.92. The number of nitrogens with zero attached hydrogens (tertiary/aromatic N) is 3. The van der Waals surface area contributed by atoms with Crippen LogP contribution < -0.4 is 0 Å². The second-order valence-electron chi connectivity index (χ2n) is 7.78. The topological polar surface area (TPSA) is 36.0 Å². The lowest BCUT2D eigenvalue weighted by molar-refractivity contribution is -0.136. The van der Waals surface area contributed by atoms with Crippen molar-refractivity contribution in [2.24, 2.45) is 0 Å². The van der Waals surface area contributed by atoms with Crippen LogP contribution in [-0.2, 0) is 16.1 Å². The van der Waals surface area contributed by atoms with Gasteiger partial charge in [-0.3, -0.25) is 14.6 Å². The summed E-state index contributed by atoms with van der Waals surface area (Å²) < 4.78 is 5.90. The molecule has 0 saturated carbocycles. The number of carbonyl (C=O) groups excluding carboxylic acids is 1. The summed E-state index contributed by atoms with van der Waals surface area (Å²) in [5, 5.41) is 0. The van der Waals surface area contributed by atoms with Gasteiger partial charge in [-0.15, -0.1) is 0 Å². The third kappa shape index (κ3) is 5.53. The number of ether oxygens (including phenoxy) is 1. The summed E-state index contributed by atoms with van der Waals surface area (Å²) in [6, 6.07) is 11.1. The maximum absolute atomic E-state index is 12.8. The summed E-state index contributed by atoms with van der Waals surface area (Å²) in [5.74, 6) is 0.252. The molecule has 0 unspecified atom stereocenters. The highest BCUT2D eigenvalue weighted by Crippen LogP contribution is 2.15. The van der Waals surface area contributed by atoms with Crippen molar-refractivity contribution in [2.75, 3.05) is 45.9 Å². The molecule has 26 heavy (non-hydrogen) atoms. The zero-order chi connectivity index (χ0) is 18.4. The molecule has 0 radical (unpaired) electrons. The van der Waals surface area contributed by atoms with Crippen LogP contribution in [0.5, 0.6) is 0 Å². The van der Waals surface area contributed by atoms with E-state index in [0.29, 0.717) is 19.1 Å². The Morgan fingerprint density at radius 2 is 1.92 bits per heavy atom. The smallest absolute Gasteiger partial charge is 0.225 e. The lowest BCUT2D eigenvalue weighted by Gasteiger charge is -2.33. The zero-order valence-corrected chi connectivity index (χ0v) is 16.3. The molecule has 1 amide bonds. The fraction of sp³-hybridized carbons (Fsp3) is 0.667. The van der Waals surface area contributed by atoms with Crippen LogP contribution in [-0.4, -0.2) is 78.6 Å². The van der Waals surface area contributed by atoms with Gasteiger partial charge in [-0.25, -0.2) is 0 Å². The number of morpholine rings is 1. The van der Waals surface area contributed by atoms with Crippen LogP contribution in [0.25, 0.3) is 0 Å². The Morgan fingerprint density at radius 1 is 1.12 bits per heavy atom.